The third kappa shape index (κ3) is 5.31. The fraction of sp³-hybridized carbons (Fsp3) is 0.571. The number of carbonyl (C=O) groups is 1. The summed E-state index contributed by atoms with van der Waals surface area (Å²) in [6, 6.07) is 5.56. The van der Waals surface area contributed by atoms with Crippen molar-refractivity contribution < 1.29 is 4.79 Å². The molecular weight excluding hydrogens is 366 g/mol. The number of nitrogens with zero attached hydrogens (tertiary/aromatic N) is 6. The second-order valence-corrected chi connectivity index (χ2v) is 7.75. The van der Waals surface area contributed by atoms with E-state index in [1.54, 1.807) is 6.07 Å². The van der Waals surface area contributed by atoms with Gasteiger partial charge < -0.3 is 10.2 Å². The third-order valence-electron chi connectivity index (χ3n) is 5.74. The molecule has 1 aliphatic heterocycles. The van der Waals surface area contributed by atoms with Crippen LogP contribution in [0.4, 0.5) is 5.82 Å². The number of piperidine rings is 1. The van der Waals surface area contributed by atoms with Crippen molar-refractivity contribution in [2.24, 2.45) is 13.0 Å². The Labute approximate surface area is 171 Å². The molecule has 8 nitrogen and oxygen atoms in total. The van der Waals surface area contributed by atoms with Gasteiger partial charge >= 0.3 is 0 Å². The Balaban J connectivity index is 1.41. The van der Waals surface area contributed by atoms with Crippen LogP contribution in [0.25, 0.3) is 0 Å². The predicted octanol–water partition coefficient (Wildman–Crippen LogP) is 2.05. The maximum atomic E-state index is 12.2. The summed E-state index contributed by atoms with van der Waals surface area (Å²) in [4.78, 5) is 14.5. The van der Waals surface area contributed by atoms with Gasteiger partial charge in [0.1, 0.15) is 6.07 Å². The maximum Gasteiger partial charge on any atom is 0.220 e. The van der Waals surface area contributed by atoms with Crippen molar-refractivity contribution in [2.45, 2.75) is 46.0 Å². The van der Waals surface area contributed by atoms with Gasteiger partial charge in [-0.05, 0) is 63.1 Å². The van der Waals surface area contributed by atoms with E-state index >= 15 is 0 Å². The molecule has 2 aromatic rings. The highest BCUT2D eigenvalue weighted by atomic mass is 16.1. The Bertz CT molecular complexity index is 882. The van der Waals surface area contributed by atoms with Crippen LogP contribution in [0, 0.1) is 31.1 Å². The fourth-order valence-electron chi connectivity index (χ4n) is 3.98. The van der Waals surface area contributed by atoms with Gasteiger partial charge in [0.15, 0.2) is 11.5 Å². The lowest BCUT2D eigenvalue weighted by Gasteiger charge is -2.33. The van der Waals surface area contributed by atoms with Crippen molar-refractivity contribution in [1.29, 1.82) is 5.26 Å². The second-order valence-electron chi connectivity index (χ2n) is 7.75. The van der Waals surface area contributed by atoms with E-state index in [9.17, 15) is 4.79 Å². The van der Waals surface area contributed by atoms with E-state index < -0.39 is 0 Å². The van der Waals surface area contributed by atoms with Gasteiger partial charge in [0, 0.05) is 38.8 Å². The number of anilines is 1. The zero-order chi connectivity index (χ0) is 20.8. The van der Waals surface area contributed by atoms with E-state index in [-0.39, 0.29) is 5.91 Å². The summed E-state index contributed by atoms with van der Waals surface area (Å²) in [6.45, 7) is 6.59. The highest BCUT2D eigenvalue weighted by Gasteiger charge is 2.21. The van der Waals surface area contributed by atoms with Crippen LogP contribution < -0.4 is 10.2 Å². The van der Waals surface area contributed by atoms with Crippen LogP contribution in [0.5, 0.6) is 0 Å². The van der Waals surface area contributed by atoms with E-state index in [4.69, 9.17) is 5.26 Å². The Morgan fingerprint density at radius 1 is 1.34 bits per heavy atom. The molecule has 0 bridgehead atoms. The van der Waals surface area contributed by atoms with Crippen molar-refractivity contribution in [3.8, 4) is 6.07 Å². The Hall–Kier alpha value is -2.95. The molecule has 0 saturated carbocycles. The highest BCUT2D eigenvalue weighted by molar-refractivity contribution is 5.76. The minimum atomic E-state index is 0.0956. The Morgan fingerprint density at radius 3 is 2.83 bits per heavy atom. The molecule has 8 heteroatoms. The fourth-order valence-corrected chi connectivity index (χ4v) is 3.98. The number of aromatic nitrogens is 4. The average Bonchev–Trinajstić information content (AvgIpc) is 2.98. The van der Waals surface area contributed by atoms with Gasteiger partial charge in [0.2, 0.25) is 5.91 Å². The zero-order valence-electron chi connectivity index (χ0n) is 17.5. The predicted molar refractivity (Wildman–Crippen MR) is 110 cm³/mol. The van der Waals surface area contributed by atoms with Crippen LogP contribution in [-0.2, 0) is 18.3 Å². The molecule has 3 rings (SSSR count). The zero-order valence-corrected chi connectivity index (χ0v) is 17.5. The first kappa shape index (κ1) is 20.8. The largest absolute Gasteiger partial charge is 0.356 e. The molecule has 1 N–H and O–H groups in total. The van der Waals surface area contributed by atoms with E-state index in [0.29, 0.717) is 24.6 Å². The summed E-state index contributed by atoms with van der Waals surface area (Å²) >= 11 is 0. The first-order valence-electron chi connectivity index (χ1n) is 10.2. The molecule has 1 atom stereocenters. The first-order chi connectivity index (χ1) is 14.0. The standard InChI is InChI=1S/C21H29N7O/c1-15-19(16(2)27(3)26-15)7-9-21(29)23-11-10-17-5-4-12-28(14-17)20-8-6-18(13-22)24-25-20/h6,8,17H,4-5,7,9-12,14H2,1-3H3,(H,23,29). The van der Waals surface area contributed by atoms with Crippen LogP contribution in [0.15, 0.2) is 12.1 Å². The third-order valence-corrected chi connectivity index (χ3v) is 5.74. The Morgan fingerprint density at radius 2 is 2.17 bits per heavy atom. The normalized spacial score (nSPS) is 16.5. The van der Waals surface area contributed by atoms with E-state index in [1.165, 1.54) is 5.56 Å². The lowest BCUT2D eigenvalue weighted by Crippen LogP contribution is -2.37. The SMILES string of the molecule is Cc1nn(C)c(C)c1CCC(=O)NCCC1CCCN(c2ccc(C#N)nn2)C1. The van der Waals surface area contributed by atoms with Crippen molar-refractivity contribution in [3.05, 3.63) is 34.8 Å². The molecule has 1 fully saturated rings. The number of nitriles is 1. The number of aryl methyl sites for hydroxylation is 2. The van der Waals surface area contributed by atoms with Crippen molar-refractivity contribution in [2.75, 3.05) is 24.5 Å². The number of nitrogens with one attached hydrogen (secondary N) is 1. The molecule has 154 valence electrons. The van der Waals surface area contributed by atoms with Crippen LogP contribution >= 0.6 is 0 Å². The molecule has 0 spiro atoms. The van der Waals surface area contributed by atoms with E-state index in [2.05, 4.69) is 25.5 Å². The smallest absolute Gasteiger partial charge is 0.220 e. The van der Waals surface area contributed by atoms with Crippen LogP contribution in [0.3, 0.4) is 0 Å². The monoisotopic (exact) mass is 395 g/mol. The molecule has 2 aromatic heterocycles. The molecule has 1 amide bonds. The van der Waals surface area contributed by atoms with Gasteiger partial charge in [-0.1, -0.05) is 0 Å². The quantitative estimate of drug-likeness (QED) is 0.770. The molecule has 29 heavy (non-hydrogen) atoms. The summed E-state index contributed by atoms with van der Waals surface area (Å²) in [5.41, 5.74) is 3.64. The van der Waals surface area contributed by atoms with Crippen LogP contribution in [0.2, 0.25) is 0 Å². The lowest BCUT2D eigenvalue weighted by atomic mass is 9.94. The van der Waals surface area contributed by atoms with Crippen molar-refractivity contribution >= 4 is 11.7 Å². The number of hydrogen-bond acceptors (Lipinski definition) is 6. The average molecular weight is 396 g/mol. The van der Waals surface area contributed by atoms with Gasteiger partial charge in [-0.2, -0.15) is 10.4 Å². The lowest BCUT2D eigenvalue weighted by molar-refractivity contribution is -0.121. The molecule has 0 aromatic carbocycles. The Kier molecular flexibility index (Phi) is 6.81. The summed E-state index contributed by atoms with van der Waals surface area (Å²) in [7, 11) is 1.93. The van der Waals surface area contributed by atoms with Gasteiger partial charge in [0.25, 0.3) is 0 Å². The van der Waals surface area contributed by atoms with Crippen LogP contribution in [0.1, 0.15) is 48.3 Å². The molecule has 3 heterocycles. The molecule has 1 saturated heterocycles. The van der Waals surface area contributed by atoms with Gasteiger partial charge in [-0.15, -0.1) is 10.2 Å². The summed E-state index contributed by atoms with van der Waals surface area (Å²) < 4.78 is 1.87. The summed E-state index contributed by atoms with van der Waals surface area (Å²) in [6.07, 6.45) is 4.43. The van der Waals surface area contributed by atoms with E-state index in [0.717, 1.165) is 56.0 Å². The number of hydrogen-bond donors (Lipinski definition) is 1. The minimum Gasteiger partial charge on any atom is -0.356 e. The second kappa shape index (κ2) is 9.50. The van der Waals surface area contributed by atoms with Crippen LogP contribution in [-0.4, -0.2) is 45.5 Å². The van der Waals surface area contributed by atoms with Gasteiger partial charge in [-0.25, -0.2) is 0 Å². The van der Waals surface area contributed by atoms with Gasteiger partial charge in [-0.3, -0.25) is 9.48 Å². The summed E-state index contributed by atoms with van der Waals surface area (Å²) in [5.74, 6) is 1.43. The summed E-state index contributed by atoms with van der Waals surface area (Å²) in [5, 5.41) is 24.4. The molecule has 0 radical (unpaired) electrons. The maximum absolute atomic E-state index is 12.2. The first-order valence-corrected chi connectivity index (χ1v) is 10.2. The molecule has 0 aliphatic carbocycles. The van der Waals surface area contributed by atoms with Gasteiger partial charge in [0.05, 0.1) is 5.69 Å². The topological polar surface area (TPSA) is 99.7 Å². The van der Waals surface area contributed by atoms with E-state index in [1.807, 2.05) is 37.7 Å². The minimum absolute atomic E-state index is 0.0956. The van der Waals surface area contributed by atoms with Crippen molar-refractivity contribution in [3.63, 3.8) is 0 Å². The molecule has 1 aliphatic rings. The number of carbonyl (C=O) groups excluding carboxylic acids is 1. The molecule has 1 unspecified atom stereocenters. The molecular formula is C21H29N7O. The number of rotatable bonds is 7. The number of amides is 1. The van der Waals surface area contributed by atoms with Crippen molar-refractivity contribution in [1.82, 2.24) is 25.3 Å². The highest BCUT2D eigenvalue weighted by Crippen LogP contribution is 2.23.